The van der Waals surface area contributed by atoms with Crippen LogP contribution in [0.5, 0.6) is 0 Å². The first kappa shape index (κ1) is 17.9. The predicted molar refractivity (Wildman–Crippen MR) is 92.3 cm³/mol. The van der Waals surface area contributed by atoms with Gasteiger partial charge in [0.05, 0.1) is 12.1 Å². The van der Waals surface area contributed by atoms with Crippen LogP contribution in [0.1, 0.15) is 52.1 Å². The van der Waals surface area contributed by atoms with Crippen LogP contribution in [0.15, 0.2) is 5.38 Å². The predicted octanol–water partition coefficient (Wildman–Crippen LogP) is 2.06. The SMILES string of the molecule is CC(C)(C)C(=O)Nc1nc(CC(=O)NC2CCC(N)CC2)cs1. The highest BCUT2D eigenvalue weighted by atomic mass is 32.1. The van der Waals surface area contributed by atoms with Crippen LogP contribution in [-0.2, 0) is 16.0 Å². The first-order chi connectivity index (χ1) is 10.7. The van der Waals surface area contributed by atoms with E-state index in [9.17, 15) is 9.59 Å². The van der Waals surface area contributed by atoms with Gasteiger partial charge in [0, 0.05) is 22.9 Å². The van der Waals surface area contributed by atoms with E-state index in [1.165, 1.54) is 11.3 Å². The summed E-state index contributed by atoms with van der Waals surface area (Å²) in [6, 6.07) is 0.497. The number of hydrogen-bond acceptors (Lipinski definition) is 5. The van der Waals surface area contributed by atoms with Crippen molar-refractivity contribution in [1.29, 1.82) is 0 Å². The first-order valence-electron chi connectivity index (χ1n) is 8.05. The van der Waals surface area contributed by atoms with E-state index < -0.39 is 5.41 Å². The molecule has 0 saturated heterocycles. The minimum Gasteiger partial charge on any atom is -0.353 e. The molecule has 0 bridgehead atoms. The van der Waals surface area contributed by atoms with Gasteiger partial charge in [0.1, 0.15) is 0 Å². The highest BCUT2D eigenvalue weighted by Gasteiger charge is 2.23. The number of thiazole rings is 1. The van der Waals surface area contributed by atoms with Crippen molar-refractivity contribution in [3.05, 3.63) is 11.1 Å². The lowest BCUT2D eigenvalue weighted by Gasteiger charge is -2.26. The molecule has 1 aromatic rings. The lowest BCUT2D eigenvalue weighted by molar-refractivity contribution is -0.123. The first-order valence-corrected chi connectivity index (χ1v) is 8.93. The van der Waals surface area contributed by atoms with Crippen LogP contribution in [0.2, 0.25) is 0 Å². The Morgan fingerprint density at radius 3 is 2.57 bits per heavy atom. The molecule has 7 heteroatoms. The molecule has 1 saturated carbocycles. The van der Waals surface area contributed by atoms with Gasteiger partial charge in [-0.2, -0.15) is 0 Å². The summed E-state index contributed by atoms with van der Waals surface area (Å²) < 4.78 is 0. The number of nitrogens with zero attached hydrogens (tertiary/aromatic N) is 1. The maximum Gasteiger partial charge on any atom is 0.231 e. The fourth-order valence-corrected chi connectivity index (χ4v) is 3.14. The van der Waals surface area contributed by atoms with E-state index >= 15 is 0 Å². The summed E-state index contributed by atoms with van der Waals surface area (Å²) in [7, 11) is 0. The molecule has 0 aliphatic heterocycles. The molecular formula is C16H26N4O2S. The Morgan fingerprint density at radius 1 is 1.30 bits per heavy atom. The fraction of sp³-hybridized carbons (Fsp3) is 0.688. The fourth-order valence-electron chi connectivity index (χ4n) is 2.44. The van der Waals surface area contributed by atoms with Crippen LogP contribution < -0.4 is 16.4 Å². The molecule has 1 heterocycles. The highest BCUT2D eigenvalue weighted by Crippen LogP contribution is 2.21. The summed E-state index contributed by atoms with van der Waals surface area (Å²) >= 11 is 1.34. The Bertz CT molecular complexity index is 557. The van der Waals surface area contributed by atoms with Crippen LogP contribution >= 0.6 is 11.3 Å². The number of anilines is 1. The van der Waals surface area contributed by atoms with Crippen LogP contribution in [0.3, 0.4) is 0 Å². The molecule has 1 aliphatic rings. The van der Waals surface area contributed by atoms with Crippen LogP contribution in [-0.4, -0.2) is 28.9 Å². The number of rotatable bonds is 4. The van der Waals surface area contributed by atoms with Crippen molar-refractivity contribution in [2.45, 2.75) is 65.0 Å². The van der Waals surface area contributed by atoms with Gasteiger partial charge in [0.2, 0.25) is 11.8 Å². The summed E-state index contributed by atoms with van der Waals surface area (Å²) in [5.74, 6) is -0.106. The normalized spacial score (nSPS) is 21.7. The molecule has 128 valence electrons. The second-order valence-corrected chi connectivity index (χ2v) is 8.06. The quantitative estimate of drug-likeness (QED) is 0.783. The third-order valence-corrected chi connectivity index (χ3v) is 4.74. The molecule has 0 radical (unpaired) electrons. The summed E-state index contributed by atoms with van der Waals surface area (Å²) in [4.78, 5) is 28.3. The van der Waals surface area contributed by atoms with Crippen LogP contribution in [0.25, 0.3) is 0 Å². The topological polar surface area (TPSA) is 97.1 Å². The van der Waals surface area contributed by atoms with Gasteiger partial charge in [-0.1, -0.05) is 20.8 Å². The minimum absolute atomic E-state index is 0.0236. The molecule has 4 N–H and O–H groups in total. The summed E-state index contributed by atoms with van der Waals surface area (Å²) in [6.45, 7) is 5.54. The maximum absolute atomic E-state index is 12.1. The number of nitrogens with two attached hydrogens (primary N) is 1. The molecule has 0 spiro atoms. The van der Waals surface area contributed by atoms with Gasteiger partial charge < -0.3 is 16.4 Å². The number of hydrogen-bond donors (Lipinski definition) is 3. The molecule has 2 rings (SSSR count). The smallest absolute Gasteiger partial charge is 0.231 e. The van der Waals surface area contributed by atoms with Crippen molar-refractivity contribution in [1.82, 2.24) is 10.3 Å². The van der Waals surface area contributed by atoms with E-state index in [1.54, 1.807) is 0 Å². The second-order valence-electron chi connectivity index (χ2n) is 7.20. The summed E-state index contributed by atoms with van der Waals surface area (Å²) in [5.41, 5.74) is 6.09. The number of carbonyl (C=O) groups excluding carboxylic acids is 2. The summed E-state index contributed by atoms with van der Waals surface area (Å²) in [6.07, 6.45) is 4.05. The molecule has 2 amide bonds. The molecule has 6 nitrogen and oxygen atoms in total. The molecule has 1 aromatic heterocycles. The Hall–Kier alpha value is -1.47. The molecule has 0 unspecified atom stereocenters. The molecule has 0 atom stereocenters. The average molecular weight is 338 g/mol. The number of aromatic nitrogens is 1. The third kappa shape index (κ3) is 5.58. The Labute approximate surface area is 141 Å². The van der Waals surface area contributed by atoms with Crippen molar-refractivity contribution < 1.29 is 9.59 Å². The second kappa shape index (κ2) is 7.40. The van der Waals surface area contributed by atoms with Gasteiger partial charge in [-0.25, -0.2) is 4.98 Å². The lowest BCUT2D eigenvalue weighted by atomic mass is 9.92. The van der Waals surface area contributed by atoms with E-state index in [0.717, 1.165) is 25.7 Å². The molecule has 0 aromatic carbocycles. The Morgan fingerprint density at radius 2 is 1.96 bits per heavy atom. The maximum atomic E-state index is 12.1. The highest BCUT2D eigenvalue weighted by molar-refractivity contribution is 7.13. The number of carbonyl (C=O) groups is 2. The zero-order valence-electron chi connectivity index (χ0n) is 14.0. The standard InChI is InChI=1S/C16H26N4O2S/c1-16(2,3)14(22)20-15-19-12(9-23-15)8-13(21)18-11-6-4-10(17)5-7-11/h9-11H,4-8,17H2,1-3H3,(H,18,21)(H,19,20,22). The number of nitrogens with one attached hydrogen (secondary N) is 2. The van der Waals surface area contributed by atoms with Crippen molar-refractivity contribution in [2.24, 2.45) is 11.1 Å². The van der Waals surface area contributed by atoms with Gasteiger partial charge in [-0.3, -0.25) is 9.59 Å². The number of amides is 2. The average Bonchev–Trinajstić information content (AvgIpc) is 2.87. The van der Waals surface area contributed by atoms with Crippen LogP contribution in [0.4, 0.5) is 5.13 Å². The van der Waals surface area contributed by atoms with Crippen molar-refractivity contribution in [2.75, 3.05) is 5.32 Å². The Balaban J connectivity index is 1.82. The van der Waals surface area contributed by atoms with Gasteiger partial charge in [0.15, 0.2) is 5.13 Å². The monoisotopic (exact) mass is 338 g/mol. The van der Waals surface area contributed by atoms with Gasteiger partial charge >= 0.3 is 0 Å². The van der Waals surface area contributed by atoms with Gasteiger partial charge in [0.25, 0.3) is 0 Å². The van der Waals surface area contributed by atoms with E-state index in [2.05, 4.69) is 15.6 Å². The van der Waals surface area contributed by atoms with E-state index in [0.29, 0.717) is 10.8 Å². The van der Waals surface area contributed by atoms with Crippen LogP contribution in [0, 0.1) is 5.41 Å². The van der Waals surface area contributed by atoms with Crippen molar-refractivity contribution in [3.8, 4) is 0 Å². The van der Waals surface area contributed by atoms with E-state index in [-0.39, 0.29) is 30.3 Å². The minimum atomic E-state index is -0.467. The van der Waals surface area contributed by atoms with Crippen molar-refractivity contribution in [3.63, 3.8) is 0 Å². The molecule has 23 heavy (non-hydrogen) atoms. The molecule has 1 fully saturated rings. The molecular weight excluding hydrogens is 312 g/mol. The van der Waals surface area contributed by atoms with Crippen molar-refractivity contribution >= 4 is 28.3 Å². The zero-order valence-corrected chi connectivity index (χ0v) is 14.8. The summed E-state index contributed by atoms with van der Waals surface area (Å²) in [5, 5.41) is 8.18. The lowest BCUT2D eigenvalue weighted by Crippen LogP contribution is -2.41. The van der Waals surface area contributed by atoms with Gasteiger partial charge in [-0.05, 0) is 25.7 Å². The zero-order chi connectivity index (χ0) is 17.0. The van der Waals surface area contributed by atoms with E-state index in [1.807, 2.05) is 26.2 Å². The largest absolute Gasteiger partial charge is 0.353 e. The third-order valence-electron chi connectivity index (χ3n) is 3.93. The molecule has 1 aliphatic carbocycles. The Kier molecular flexibility index (Phi) is 5.75. The van der Waals surface area contributed by atoms with E-state index in [4.69, 9.17) is 5.73 Å². The van der Waals surface area contributed by atoms with Gasteiger partial charge in [-0.15, -0.1) is 11.3 Å².